The lowest BCUT2D eigenvalue weighted by atomic mass is 10.00. The van der Waals surface area contributed by atoms with E-state index in [1.165, 1.54) is 0 Å². The van der Waals surface area contributed by atoms with Gasteiger partial charge in [-0.15, -0.1) is 0 Å². The third-order valence-corrected chi connectivity index (χ3v) is 5.13. The van der Waals surface area contributed by atoms with Crippen LogP contribution >= 0.6 is 0 Å². The molecule has 28 heavy (non-hydrogen) atoms. The van der Waals surface area contributed by atoms with Crippen LogP contribution in [0.4, 0.5) is 0 Å². The molecule has 1 N–H and O–H groups in total. The molecule has 1 heterocycles. The van der Waals surface area contributed by atoms with E-state index in [4.69, 9.17) is 0 Å². The van der Waals surface area contributed by atoms with Crippen LogP contribution < -0.4 is 0 Å². The van der Waals surface area contributed by atoms with Gasteiger partial charge in [-0.2, -0.15) is 0 Å². The van der Waals surface area contributed by atoms with Gasteiger partial charge in [-0.1, -0.05) is 74.5 Å². The van der Waals surface area contributed by atoms with E-state index in [9.17, 15) is 14.7 Å². The average molecular weight is 377 g/mol. The predicted octanol–water partition coefficient (Wildman–Crippen LogP) is 4.11. The molecule has 0 unspecified atom stereocenters. The maximum atomic E-state index is 13.0. The molecular weight excluding hydrogens is 350 g/mol. The summed E-state index contributed by atoms with van der Waals surface area (Å²) in [5.41, 5.74) is 1.81. The van der Waals surface area contributed by atoms with Crippen molar-refractivity contribution < 1.29 is 14.7 Å². The Morgan fingerprint density at radius 2 is 1.57 bits per heavy atom. The number of hydrogen-bond donors (Lipinski definition) is 1. The second-order valence-electron chi connectivity index (χ2n) is 7.73. The van der Waals surface area contributed by atoms with Crippen LogP contribution in [0.2, 0.25) is 0 Å². The van der Waals surface area contributed by atoms with Crippen molar-refractivity contribution in [3.05, 3.63) is 83.1 Å². The molecule has 0 saturated carbocycles. The number of nitrogens with zero attached hydrogens (tertiary/aromatic N) is 1. The van der Waals surface area contributed by atoms with Crippen molar-refractivity contribution in [3.63, 3.8) is 0 Å². The third-order valence-electron chi connectivity index (χ3n) is 5.13. The van der Waals surface area contributed by atoms with E-state index in [2.05, 4.69) is 13.8 Å². The molecule has 4 nitrogen and oxygen atoms in total. The molecule has 146 valence electrons. The lowest BCUT2D eigenvalue weighted by molar-refractivity contribution is -0.129. The van der Waals surface area contributed by atoms with Crippen molar-refractivity contribution in [1.82, 2.24) is 4.90 Å². The number of ketones is 1. The van der Waals surface area contributed by atoms with Gasteiger partial charge in [-0.05, 0) is 23.5 Å². The Morgan fingerprint density at radius 1 is 1.00 bits per heavy atom. The number of Topliss-reactive ketones (excluding diaryl/α,β-unsaturated/α-hetero) is 1. The van der Waals surface area contributed by atoms with E-state index in [0.717, 1.165) is 17.5 Å². The summed E-state index contributed by atoms with van der Waals surface area (Å²) >= 11 is 0. The van der Waals surface area contributed by atoms with Crippen LogP contribution in [0.3, 0.4) is 0 Å². The molecule has 1 atom stereocenters. The molecule has 4 heteroatoms. The Morgan fingerprint density at radius 3 is 2.14 bits per heavy atom. The van der Waals surface area contributed by atoms with Gasteiger partial charge in [0.05, 0.1) is 6.04 Å². The van der Waals surface area contributed by atoms with E-state index in [1.54, 1.807) is 4.90 Å². The van der Waals surface area contributed by atoms with Gasteiger partial charge in [0.15, 0.2) is 5.78 Å². The number of rotatable bonds is 8. The van der Waals surface area contributed by atoms with Crippen molar-refractivity contribution >= 4 is 11.7 Å². The Bertz CT molecular complexity index is 856. The molecule has 0 saturated heterocycles. The van der Waals surface area contributed by atoms with Crippen LogP contribution in [-0.2, 0) is 22.4 Å². The number of benzene rings is 2. The van der Waals surface area contributed by atoms with Gasteiger partial charge in [-0.3, -0.25) is 9.59 Å². The number of aliphatic hydroxyl groups is 1. The summed E-state index contributed by atoms with van der Waals surface area (Å²) in [5.74, 6) is -0.325. The van der Waals surface area contributed by atoms with E-state index < -0.39 is 6.04 Å². The lowest BCUT2D eigenvalue weighted by Crippen LogP contribution is -2.38. The van der Waals surface area contributed by atoms with Crippen molar-refractivity contribution in [1.29, 1.82) is 0 Å². The molecule has 0 aliphatic carbocycles. The van der Waals surface area contributed by atoms with Gasteiger partial charge in [0.25, 0.3) is 5.91 Å². The Balaban J connectivity index is 1.86. The van der Waals surface area contributed by atoms with E-state index in [1.807, 2.05) is 60.7 Å². The molecule has 2 aromatic rings. The minimum absolute atomic E-state index is 0.0476. The van der Waals surface area contributed by atoms with Gasteiger partial charge in [-0.25, -0.2) is 0 Å². The first-order valence-electron chi connectivity index (χ1n) is 9.82. The van der Waals surface area contributed by atoms with Crippen LogP contribution in [0.1, 0.15) is 31.4 Å². The highest BCUT2D eigenvalue weighted by molar-refractivity contribution is 6.21. The minimum atomic E-state index is -0.483. The Labute approximate surface area is 166 Å². The normalized spacial score (nSPS) is 16.9. The predicted molar refractivity (Wildman–Crippen MR) is 110 cm³/mol. The molecule has 1 amide bonds. The molecule has 3 rings (SSSR count). The summed E-state index contributed by atoms with van der Waals surface area (Å²) < 4.78 is 0. The quantitative estimate of drug-likeness (QED) is 0.705. The van der Waals surface area contributed by atoms with Gasteiger partial charge in [0.2, 0.25) is 0 Å². The maximum absolute atomic E-state index is 13.0. The summed E-state index contributed by atoms with van der Waals surface area (Å²) in [4.78, 5) is 27.6. The molecule has 1 aliphatic rings. The SMILES string of the molecule is CC(C)CCN1C(=O)C(C(=O)Cc2ccccc2)=C(O)[C@@H]1Cc1ccccc1. The standard InChI is InChI=1S/C24H27NO3/c1-17(2)13-14-25-20(15-18-9-5-3-6-10-18)23(27)22(24(25)28)21(26)16-19-11-7-4-8-12-19/h3-12,17,20,27H,13-16H2,1-2H3/t20-/m0/s1. The molecule has 1 aliphatic heterocycles. The van der Waals surface area contributed by atoms with Crippen LogP contribution in [0, 0.1) is 5.92 Å². The zero-order valence-corrected chi connectivity index (χ0v) is 16.5. The highest BCUT2D eigenvalue weighted by Gasteiger charge is 2.42. The van der Waals surface area contributed by atoms with Crippen molar-refractivity contribution in [3.8, 4) is 0 Å². The molecule has 0 bridgehead atoms. The van der Waals surface area contributed by atoms with Gasteiger partial charge in [0.1, 0.15) is 11.3 Å². The Kier molecular flexibility index (Phi) is 6.30. The first-order valence-corrected chi connectivity index (χ1v) is 9.82. The highest BCUT2D eigenvalue weighted by Crippen LogP contribution is 2.29. The van der Waals surface area contributed by atoms with Gasteiger partial charge < -0.3 is 10.0 Å². The molecule has 0 spiro atoms. The summed E-state index contributed by atoms with van der Waals surface area (Å²) in [5, 5.41) is 10.9. The first-order chi connectivity index (χ1) is 13.5. The molecule has 0 aromatic heterocycles. The smallest absolute Gasteiger partial charge is 0.261 e. The van der Waals surface area contributed by atoms with E-state index in [0.29, 0.717) is 18.9 Å². The molecule has 0 fully saturated rings. The minimum Gasteiger partial charge on any atom is -0.509 e. The Hall–Kier alpha value is -2.88. The number of carbonyl (C=O) groups excluding carboxylic acids is 2. The maximum Gasteiger partial charge on any atom is 0.261 e. The number of carbonyl (C=O) groups is 2. The van der Waals surface area contributed by atoms with E-state index >= 15 is 0 Å². The van der Waals surface area contributed by atoms with Crippen molar-refractivity contribution in [2.24, 2.45) is 5.92 Å². The fourth-order valence-electron chi connectivity index (χ4n) is 3.54. The number of aliphatic hydroxyl groups excluding tert-OH is 1. The topological polar surface area (TPSA) is 57.6 Å². The van der Waals surface area contributed by atoms with Crippen molar-refractivity contribution in [2.45, 2.75) is 39.2 Å². The first kappa shape index (κ1) is 19.9. The third kappa shape index (κ3) is 4.50. The number of amides is 1. The van der Waals surface area contributed by atoms with Crippen LogP contribution in [0.5, 0.6) is 0 Å². The van der Waals surface area contributed by atoms with Crippen molar-refractivity contribution in [2.75, 3.05) is 6.54 Å². The number of hydrogen-bond acceptors (Lipinski definition) is 3. The van der Waals surface area contributed by atoms with Crippen LogP contribution in [0.15, 0.2) is 72.0 Å². The summed E-state index contributed by atoms with van der Waals surface area (Å²) in [6, 6.07) is 18.6. The second kappa shape index (κ2) is 8.87. The second-order valence-corrected chi connectivity index (χ2v) is 7.73. The molecular formula is C24H27NO3. The molecule has 0 radical (unpaired) electrons. The van der Waals surface area contributed by atoms with Gasteiger partial charge >= 0.3 is 0 Å². The summed E-state index contributed by atoms with van der Waals surface area (Å²) in [7, 11) is 0. The zero-order chi connectivity index (χ0) is 20.1. The fraction of sp³-hybridized carbons (Fsp3) is 0.333. The highest BCUT2D eigenvalue weighted by atomic mass is 16.3. The van der Waals surface area contributed by atoms with E-state index in [-0.39, 0.29) is 29.4 Å². The monoisotopic (exact) mass is 377 g/mol. The lowest BCUT2D eigenvalue weighted by Gasteiger charge is -2.26. The zero-order valence-electron chi connectivity index (χ0n) is 16.5. The molecule has 2 aromatic carbocycles. The van der Waals surface area contributed by atoms with Crippen LogP contribution in [-0.4, -0.2) is 34.3 Å². The summed E-state index contributed by atoms with van der Waals surface area (Å²) in [6.45, 7) is 4.73. The average Bonchev–Trinajstić information content (AvgIpc) is 2.91. The largest absolute Gasteiger partial charge is 0.509 e. The van der Waals surface area contributed by atoms with Crippen LogP contribution in [0.25, 0.3) is 0 Å². The summed E-state index contributed by atoms with van der Waals surface area (Å²) in [6.07, 6.45) is 1.44. The van der Waals surface area contributed by atoms with Gasteiger partial charge in [0, 0.05) is 19.4 Å². The fourth-order valence-corrected chi connectivity index (χ4v) is 3.54.